The van der Waals surface area contributed by atoms with Gasteiger partial charge in [-0.05, 0) is 24.3 Å². The number of rotatable bonds is 2. The average molecular weight is 309 g/mol. The van der Waals surface area contributed by atoms with Crippen molar-refractivity contribution in [3.05, 3.63) is 35.5 Å². The van der Waals surface area contributed by atoms with Gasteiger partial charge in [0.05, 0.1) is 5.52 Å². The Bertz CT molecular complexity index is 665. The first-order chi connectivity index (χ1) is 9.66. The molecule has 1 aliphatic heterocycles. The molecule has 1 atom stereocenters. The summed E-state index contributed by atoms with van der Waals surface area (Å²) in [7, 11) is 0. The molecule has 1 saturated heterocycles. The highest BCUT2D eigenvalue weighted by Gasteiger charge is 2.29. The van der Waals surface area contributed by atoms with E-state index in [4.69, 9.17) is 11.6 Å². The molecule has 0 aliphatic carbocycles. The number of anilines is 1. The Balaban J connectivity index is 2.10. The summed E-state index contributed by atoms with van der Waals surface area (Å²) in [5.41, 5.74) is 1.71. The standard InChI is InChI=1S/C14H13ClN2O2S/c15-9-1-2-10-11(7-9)16-4-3-12(10)17-5-6-20-8-13(17)14(18)19/h1-4,7,13H,5-6,8H2,(H,18,19). The normalized spacial score (nSPS) is 19.2. The van der Waals surface area contributed by atoms with Gasteiger partial charge in [0, 0.05) is 40.3 Å². The molecule has 0 radical (unpaired) electrons. The van der Waals surface area contributed by atoms with Crippen molar-refractivity contribution in [3.8, 4) is 0 Å². The highest BCUT2D eigenvalue weighted by Crippen LogP contribution is 2.31. The molecule has 1 unspecified atom stereocenters. The molecule has 1 fully saturated rings. The van der Waals surface area contributed by atoms with E-state index >= 15 is 0 Å². The summed E-state index contributed by atoms with van der Waals surface area (Å²) < 4.78 is 0. The van der Waals surface area contributed by atoms with E-state index in [-0.39, 0.29) is 0 Å². The van der Waals surface area contributed by atoms with Crippen molar-refractivity contribution < 1.29 is 9.90 Å². The van der Waals surface area contributed by atoms with Crippen molar-refractivity contribution in [1.29, 1.82) is 0 Å². The van der Waals surface area contributed by atoms with E-state index in [0.29, 0.717) is 10.8 Å². The second-order valence-electron chi connectivity index (χ2n) is 4.61. The number of hydrogen-bond acceptors (Lipinski definition) is 4. The number of halogens is 1. The topological polar surface area (TPSA) is 53.4 Å². The summed E-state index contributed by atoms with van der Waals surface area (Å²) in [5.74, 6) is 0.754. The van der Waals surface area contributed by atoms with Crippen LogP contribution in [0.15, 0.2) is 30.5 Å². The minimum absolute atomic E-state index is 0.491. The van der Waals surface area contributed by atoms with Gasteiger partial charge < -0.3 is 10.0 Å². The van der Waals surface area contributed by atoms with Crippen LogP contribution in [0, 0.1) is 0 Å². The molecule has 4 nitrogen and oxygen atoms in total. The van der Waals surface area contributed by atoms with E-state index in [1.807, 2.05) is 23.1 Å². The molecule has 1 aliphatic rings. The Morgan fingerprint density at radius 3 is 3.10 bits per heavy atom. The van der Waals surface area contributed by atoms with Crippen molar-refractivity contribution in [2.75, 3.05) is 23.0 Å². The fraction of sp³-hybridized carbons (Fsp3) is 0.286. The molecule has 104 valence electrons. The summed E-state index contributed by atoms with van der Waals surface area (Å²) in [5, 5.41) is 11.0. The van der Waals surface area contributed by atoms with Crippen LogP contribution in [0.3, 0.4) is 0 Å². The second kappa shape index (κ2) is 5.50. The first-order valence-corrected chi connectivity index (χ1v) is 7.81. The molecular formula is C14H13ClN2O2S. The summed E-state index contributed by atoms with van der Waals surface area (Å²) in [4.78, 5) is 17.7. The average Bonchev–Trinajstić information content (AvgIpc) is 2.46. The maximum absolute atomic E-state index is 11.4. The third-order valence-electron chi connectivity index (χ3n) is 3.40. The van der Waals surface area contributed by atoms with Gasteiger partial charge in [0.25, 0.3) is 0 Å². The number of nitrogens with zero attached hydrogens (tertiary/aromatic N) is 2. The Morgan fingerprint density at radius 2 is 2.30 bits per heavy atom. The minimum Gasteiger partial charge on any atom is -0.480 e. The molecule has 2 aromatic rings. The van der Waals surface area contributed by atoms with Crippen molar-refractivity contribution in [2.45, 2.75) is 6.04 Å². The molecule has 2 heterocycles. The number of aliphatic carboxylic acids is 1. The van der Waals surface area contributed by atoms with E-state index in [9.17, 15) is 9.90 Å². The molecule has 0 amide bonds. The van der Waals surface area contributed by atoms with Crippen molar-refractivity contribution in [2.24, 2.45) is 0 Å². The highest BCUT2D eigenvalue weighted by atomic mass is 35.5. The van der Waals surface area contributed by atoms with Crippen LogP contribution < -0.4 is 4.90 Å². The largest absolute Gasteiger partial charge is 0.480 e. The third-order valence-corrected chi connectivity index (χ3v) is 4.66. The van der Waals surface area contributed by atoms with E-state index in [1.54, 1.807) is 24.0 Å². The van der Waals surface area contributed by atoms with Crippen molar-refractivity contribution in [3.63, 3.8) is 0 Å². The lowest BCUT2D eigenvalue weighted by molar-refractivity contribution is -0.138. The number of carboxylic acid groups (broad SMARTS) is 1. The quantitative estimate of drug-likeness (QED) is 0.924. The first-order valence-electron chi connectivity index (χ1n) is 6.28. The van der Waals surface area contributed by atoms with Gasteiger partial charge in [-0.25, -0.2) is 4.79 Å². The van der Waals surface area contributed by atoms with Gasteiger partial charge in [0.2, 0.25) is 0 Å². The van der Waals surface area contributed by atoms with Gasteiger partial charge in [0.15, 0.2) is 0 Å². The number of pyridine rings is 1. The second-order valence-corrected chi connectivity index (χ2v) is 6.20. The number of thioether (sulfide) groups is 1. The number of benzene rings is 1. The van der Waals surface area contributed by atoms with Crippen LogP contribution in [0.2, 0.25) is 5.02 Å². The maximum Gasteiger partial charge on any atom is 0.327 e. The zero-order valence-corrected chi connectivity index (χ0v) is 12.2. The zero-order valence-electron chi connectivity index (χ0n) is 10.6. The summed E-state index contributed by atoms with van der Waals surface area (Å²) in [6.07, 6.45) is 1.70. The molecule has 0 bridgehead atoms. The predicted molar refractivity (Wildman–Crippen MR) is 82.8 cm³/mol. The van der Waals surface area contributed by atoms with Crippen LogP contribution in [0.1, 0.15) is 0 Å². The van der Waals surface area contributed by atoms with Crippen LogP contribution in [0.4, 0.5) is 5.69 Å². The van der Waals surface area contributed by atoms with Crippen LogP contribution >= 0.6 is 23.4 Å². The number of carboxylic acids is 1. The molecule has 0 spiro atoms. The lowest BCUT2D eigenvalue weighted by Gasteiger charge is -2.35. The number of hydrogen-bond donors (Lipinski definition) is 1. The molecule has 1 aromatic carbocycles. The van der Waals surface area contributed by atoms with Crippen LogP contribution in [0.5, 0.6) is 0 Å². The fourth-order valence-corrected chi connectivity index (χ4v) is 3.66. The Morgan fingerprint density at radius 1 is 1.45 bits per heavy atom. The van der Waals surface area contributed by atoms with Crippen molar-refractivity contribution >= 4 is 45.9 Å². The first kappa shape index (κ1) is 13.5. The SMILES string of the molecule is O=C(O)C1CSCCN1c1ccnc2cc(Cl)ccc12. The summed E-state index contributed by atoms with van der Waals surface area (Å²) in [6, 6.07) is 6.90. The number of fused-ring (bicyclic) bond motifs is 1. The molecule has 20 heavy (non-hydrogen) atoms. The van der Waals surface area contributed by atoms with Crippen LogP contribution in [-0.2, 0) is 4.79 Å². The Hall–Kier alpha value is -1.46. The highest BCUT2D eigenvalue weighted by molar-refractivity contribution is 7.99. The zero-order chi connectivity index (χ0) is 14.1. The Labute approximate surface area is 125 Å². The van der Waals surface area contributed by atoms with Gasteiger partial charge in [-0.15, -0.1) is 0 Å². The predicted octanol–water partition coefficient (Wildman–Crippen LogP) is 2.89. The Kier molecular flexibility index (Phi) is 3.72. The van der Waals surface area contributed by atoms with Gasteiger partial charge in [0.1, 0.15) is 6.04 Å². The molecule has 3 rings (SSSR count). The van der Waals surface area contributed by atoms with Gasteiger partial charge in [-0.2, -0.15) is 11.8 Å². The monoisotopic (exact) mass is 308 g/mol. The number of carbonyl (C=O) groups is 1. The third kappa shape index (κ3) is 2.43. The smallest absolute Gasteiger partial charge is 0.327 e. The van der Waals surface area contributed by atoms with Gasteiger partial charge in [-0.1, -0.05) is 11.6 Å². The number of aromatic nitrogens is 1. The van der Waals surface area contributed by atoms with E-state index < -0.39 is 12.0 Å². The molecule has 0 saturated carbocycles. The minimum atomic E-state index is -0.781. The van der Waals surface area contributed by atoms with Crippen LogP contribution in [-0.4, -0.2) is 40.2 Å². The summed E-state index contributed by atoms with van der Waals surface area (Å²) in [6.45, 7) is 0.726. The lowest BCUT2D eigenvalue weighted by Crippen LogP contribution is -2.47. The molecule has 6 heteroatoms. The molecular weight excluding hydrogens is 296 g/mol. The van der Waals surface area contributed by atoms with E-state index in [2.05, 4.69) is 4.98 Å². The maximum atomic E-state index is 11.4. The van der Waals surface area contributed by atoms with Gasteiger partial charge >= 0.3 is 5.97 Å². The van der Waals surface area contributed by atoms with E-state index in [0.717, 1.165) is 28.9 Å². The lowest BCUT2D eigenvalue weighted by atomic mass is 10.1. The molecule has 1 N–H and O–H groups in total. The summed E-state index contributed by atoms with van der Waals surface area (Å²) >= 11 is 7.66. The van der Waals surface area contributed by atoms with Crippen LogP contribution in [0.25, 0.3) is 10.9 Å². The van der Waals surface area contributed by atoms with Gasteiger partial charge in [-0.3, -0.25) is 4.98 Å². The fourth-order valence-electron chi connectivity index (χ4n) is 2.45. The van der Waals surface area contributed by atoms with Crippen molar-refractivity contribution in [1.82, 2.24) is 4.98 Å². The van der Waals surface area contributed by atoms with E-state index in [1.165, 1.54) is 0 Å². The molecule has 1 aromatic heterocycles.